The normalized spacial score (nSPS) is 13.0. The first kappa shape index (κ1) is 9.98. The van der Waals surface area contributed by atoms with Gasteiger partial charge in [-0.15, -0.1) is 0 Å². The second-order valence-corrected chi connectivity index (χ2v) is 3.44. The maximum atomic E-state index is 10.0. The van der Waals surface area contributed by atoms with E-state index in [1.165, 1.54) is 0 Å². The maximum absolute atomic E-state index is 10.0. The summed E-state index contributed by atoms with van der Waals surface area (Å²) < 4.78 is 7.12. The summed E-state index contributed by atoms with van der Waals surface area (Å²) in [6, 6.07) is 5.46. The molecular formula is C11H14N2O2. The molecule has 15 heavy (non-hydrogen) atoms. The topological polar surface area (TPSA) is 51.2 Å². The van der Waals surface area contributed by atoms with E-state index in [0.29, 0.717) is 5.76 Å². The summed E-state index contributed by atoms with van der Waals surface area (Å²) >= 11 is 0. The van der Waals surface area contributed by atoms with Crippen molar-refractivity contribution in [3.8, 4) is 0 Å². The number of aliphatic hydroxyl groups is 1. The highest BCUT2D eigenvalue weighted by Gasteiger charge is 2.17. The third-order valence-electron chi connectivity index (χ3n) is 2.44. The Morgan fingerprint density at radius 1 is 1.47 bits per heavy atom. The summed E-state index contributed by atoms with van der Waals surface area (Å²) in [4.78, 5) is 0. The Bertz CT molecular complexity index is 445. The van der Waals surface area contributed by atoms with Crippen LogP contribution in [-0.4, -0.2) is 14.9 Å². The fourth-order valence-electron chi connectivity index (χ4n) is 1.53. The van der Waals surface area contributed by atoms with E-state index in [0.717, 1.165) is 17.9 Å². The van der Waals surface area contributed by atoms with E-state index in [1.807, 2.05) is 13.0 Å². The van der Waals surface area contributed by atoms with Crippen LogP contribution in [0.2, 0.25) is 0 Å². The van der Waals surface area contributed by atoms with Gasteiger partial charge in [0.05, 0.1) is 5.69 Å². The number of nitrogens with zero attached hydrogens (tertiary/aromatic N) is 2. The van der Waals surface area contributed by atoms with Crippen molar-refractivity contribution >= 4 is 0 Å². The number of rotatable bonds is 3. The highest BCUT2D eigenvalue weighted by atomic mass is 16.4. The quantitative estimate of drug-likeness (QED) is 0.830. The SMILES string of the molecule is CCc1ccc(C(O)c2ccnn2C)o1. The molecule has 0 spiro atoms. The lowest BCUT2D eigenvalue weighted by Crippen LogP contribution is -2.05. The number of hydrogen-bond donors (Lipinski definition) is 1. The molecule has 80 valence electrons. The van der Waals surface area contributed by atoms with Gasteiger partial charge in [-0.05, 0) is 18.2 Å². The second kappa shape index (κ2) is 3.90. The van der Waals surface area contributed by atoms with Gasteiger partial charge < -0.3 is 9.52 Å². The average molecular weight is 206 g/mol. The van der Waals surface area contributed by atoms with Crippen molar-refractivity contribution in [1.82, 2.24) is 9.78 Å². The molecule has 0 saturated carbocycles. The van der Waals surface area contributed by atoms with Crippen molar-refractivity contribution < 1.29 is 9.52 Å². The first-order valence-electron chi connectivity index (χ1n) is 4.97. The summed E-state index contributed by atoms with van der Waals surface area (Å²) in [7, 11) is 1.79. The van der Waals surface area contributed by atoms with Crippen LogP contribution in [-0.2, 0) is 13.5 Å². The molecule has 0 aliphatic carbocycles. The van der Waals surface area contributed by atoms with E-state index in [-0.39, 0.29) is 0 Å². The minimum Gasteiger partial charge on any atom is -0.463 e. The number of furan rings is 1. The van der Waals surface area contributed by atoms with E-state index in [9.17, 15) is 5.11 Å². The zero-order chi connectivity index (χ0) is 10.8. The smallest absolute Gasteiger partial charge is 0.153 e. The van der Waals surface area contributed by atoms with Gasteiger partial charge in [-0.3, -0.25) is 4.68 Å². The number of hydrogen-bond acceptors (Lipinski definition) is 3. The second-order valence-electron chi connectivity index (χ2n) is 3.44. The molecule has 0 aliphatic rings. The van der Waals surface area contributed by atoms with E-state index in [4.69, 9.17) is 4.42 Å². The Kier molecular flexibility index (Phi) is 2.60. The molecule has 0 amide bonds. The van der Waals surface area contributed by atoms with Crippen LogP contribution < -0.4 is 0 Å². The molecule has 2 aromatic rings. The fourth-order valence-corrected chi connectivity index (χ4v) is 1.53. The molecule has 0 radical (unpaired) electrons. The van der Waals surface area contributed by atoms with Crippen molar-refractivity contribution in [2.45, 2.75) is 19.4 Å². The fraction of sp³-hybridized carbons (Fsp3) is 0.364. The summed E-state index contributed by atoms with van der Waals surface area (Å²) in [5, 5.41) is 14.0. The highest BCUT2D eigenvalue weighted by molar-refractivity contribution is 5.18. The minimum absolute atomic E-state index is 0.565. The molecule has 2 aromatic heterocycles. The number of aryl methyl sites for hydroxylation is 2. The molecular weight excluding hydrogens is 192 g/mol. The number of aliphatic hydroxyl groups excluding tert-OH is 1. The summed E-state index contributed by atoms with van der Waals surface area (Å²) in [6.07, 6.45) is 1.75. The lowest BCUT2D eigenvalue weighted by atomic mass is 10.2. The van der Waals surface area contributed by atoms with Gasteiger partial charge in [0, 0.05) is 19.7 Å². The Balaban J connectivity index is 2.28. The maximum Gasteiger partial charge on any atom is 0.153 e. The lowest BCUT2D eigenvalue weighted by molar-refractivity contribution is 0.178. The molecule has 0 fully saturated rings. The van der Waals surface area contributed by atoms with Gasteiger partial charge in [0.25, 0.3) is 0 Å². The van der Waals surface area contributed by atoms with Crippen LogP contribution in [0.3, 0.4) is 0 Å². The van der Waals surface area contributed by atoms with Crippen LogP contribution in [0.5, 0.6) is 0 Å². The largest absolute Gasteiger partial charge is 0.463 e. The van der Waals surface area contributed by atoms with Gasteiger partial charge in [0.15, 0.2) is 6.10 Å². The average Bonchev–Trinajstić information content (AvgIpc) is 2.84. The number of aromatic nitrogens is 2. The third-order valence-corrected chi connectivity index (χ3v) is 2.44. The van der Waals surface area contributed by atoms with Gasteiger partial charge in [0.1, 0.15) is 11.5 Å². The van der Waals surface area contributed by atoms with Crippen LogP contribution in [0.4, 0.5) is 0 Å². The molecule has 0 aliphatic heterocycles. The Morgan fingerprint density at radius 3 is 2.80 bits per heavy atom. The van der Waals surface area contributed by atoms with Crippen LogP contribution in [0.25, 0.3) is 0 Å². The van der Waals surface area contributed by atoms with Crippen LogP contribution in [0, 0.1) is 0 Å². The molecule has 1 N–H and O–H groups in total. The predicted octanol–water partition coefficient (Wildman–Crippen LogP) is 1.66. The van der Waals surface area contributed by atoms with Gasteiger partial charge in [-0.1, -0.05) is 6.92 Å². The van der Waals surface area contributed by atoms with Crippen molar-refractivity contribution in [2.75, 3.05) is 0 Å². The standard InChI is InChI=1S/C11H14N2O2/c1-3-8-4-5-10(15-8)11(14)9-6-7-12-13(9)2/h4-7,11,14H,3H2,1-2H3. The van der Waals surface area contributed by atoms with E-state index < -0.39 is 6.10 Å². The predicted molar refractivity (Wildman–Crippen MR) is 55.4 cm³/mol. The molecule has 4 heteroatoms. The molecule has 4 nitrogen and oxygen atoms in total. The molecule has 1 atom stereocenters. The monoisotopic (exact) mass is 206 g/mol. The van der Waals surface area contributed by atoms with Gasteiger partial charge in [-0.25, -0.2) is 0 Å². The zero-order valence-corrected chi connectivity index (χ0v) is 8.84. The zero-order valence-electron chi connectivity index (χ0n) is 8.84. The van der Waals surface area contributed by atoms with E-state index in [1.54, 1.807) is 30.1 Å². The molecule has 1 unspecified atom stereocenters. The first-order chi connectivity index (χ1) is 7.22. The van der Waals surface area contributed by atoms with Crippen LogP contribution in [0.15, 0.2) is 28.8 Å². The molecule has 2 heterocycles. The molecule has 2 rings (SSSR count). The van der Waals surface area contributed by atoms with Crippen LogP contribution in [0.1, 0.15) is 30.2 Å². The van der Waals surface area contributed by atoms with Crippen molar-refractivity contribution in [3.63, 3.8) is 0 Å². The van der Waals surface area contributed by atoms with E-state index >= 15 is 0 Å². The van der Waals surface area contributed by atoms with Gasteiger partial charge >= 0.3 is 0 Å². The van der Waals surface area contributed by atoms with E-state index in [2.05, 4.69) is 5.10 Å². The van der Waals surface area contributed by atoms with Gasteiger partial charge in [0.2, 0.25) is 0 Å². The van der Waals surface area contributed by atoms with Crippen LogP contribution >= 0.6 is 0 Å². The Labute approximate surface area is 88.1 Å². The minimum atomic E-state index is -0.738. The summed E-state index contributed by atoms with van der Waals surface area (Å²) in [5.41, 5.74) is 0.729. The molecule has 0 aromatic carbocycles. The highest BCUT2D eigenvalue weighted by Crippen LogP contribution is 2.23. The Hall–Kier alpha value is -1.55. The summed E-state index contributed by atoms with van der Waals surface area (Å²) in [5.74, 6) is 1.45. The summed E-state index contributed by atoms with van der Waals surface area (Å²) in [6.45, 7) is 2.01. The molecule has 0 saturated heterocycles. The molecule has 0 bridgehead atoms. The van der Waals surface area contributed by atoms with Gasteiger partial charge in [-0.2, -0.15) is 5.10 Å². The van der Waals surface area contributed by atoms with Crippen molar-refractivity contribution in [1.29, 1.82) is 0 Å². The first-order valence-corrected chi connectivity index (χ1v) is 4.97. The van der Waals surface area contributed by atoms with Crippen molar-refractivity contribution in [3.05, 3.63) is 41.6 Å². The van der Waals surface area contributed by atoms with Crippen molar-refractivity contribution in [2.24, 2.45) is 7.05 Å². The third kappa shape index (κ3) is 1.80. The lowest BCUT2D eigenvalue weighted by Gasteiger charge is -2.07. The Morgan fingerprint density at radius 2 is 2.27 bits per heavy atom.